The van der Waals surface area contributed by atoms with Crippen molar-refractivity contribution in [1.29, 1.82) is 5.26 Å². The number of hydrogen-bond donors (Lipinski definition) is 0. The molecular weight excluding hydrogens is 296 g/mol. The third kappa shape index (κ3) is 4.56. The fraction of sp³-hybridized carbons (Fsp3) is 0.389. The van der Waals surface area contributed by atoms with Crippen LogP contribution in [-0.2, 0) is 6.42 Å². The van der Waals surface area contributed by atoms with Crippen molar-refractivity contribution in [1.82, 2.24) is 9.97 Å². The zero-order valence-corrected chi connectivity index (χ0v) is 13.1. The predicted molar refractivity (Wildman–Crippen MR) is 84.6 cm³/mol. The Bertz CT molecular complexity index is 667. The molecule has 0 saturated heterocycles. The Kier molecular flexibility index (Phi) is 6.16. The van der Waals surface area contributed by atoms with E-state index in [1.165, 1.54) is 31.8 Å². The van der Waals surface area contributed by atoms with Gasteiger partial charge >= 0.3 is 0 Å². The molecule has 0 atom stereocenters. The van der Waals surface area contributed by atoms with Gasteiger partial charge in [-0.15, -0.1) is 0 Å². The van der Waals surface area contributed by atoms with Crippen molar-refractivity contribution < 1.29 is 8.78 Å². The third-order valence-corrected chi connectivity index (χ3v) is 3.69. The van der Waals surface area contributed by atoms with Crippen molar-refractivity contribution in [3.8, 4) is 17.5 Å². The van der Waals surface area contributed by atoms with E-state index >= 15 is 0 Å². The highest BCUT2D eigenvalue weighted by molar-refractivity contribution is 5.57. The molecule has 0 aliphatic carbocycles. The van der Waals surface area contributed by atoms with E-state index in [1.54, 1.807) is 12.4 Å². The Morgan fingerprint density at radius 2 is 1.61 bits per heavy atom. The molecule has 120 valence electrons. The van der Waals surface area contributed by atoms with Crippen LogP contribution >= 0.6 is 0 Å². The number of nitriles is 1. The summed E-state index contributed by atoms with van der Waals surface area (Å²) in [6, 6.07) is 3.67. The summed E-state index contributed by atoms with van der Waals surface area (Å²) in [6.07, 6.45) is 10.3. The normalized spacial score (nSPS) is 10.5. The van der Waals surface area contributed by atoms with Gasteiger partial charge in [0.15, 0.2) is 5.82 Å². The Hall–Kier alpha value is -2.35. The van der Waals surface area contributed by atoms with Gasteiger partial charge in [0.2, 0.25) is 0 Å². The summed E-state index contributed by atoms with van der Waals surface area (Å²) in [6.45, 7) is 2.18. The van der Waals surface area contributed by atoms with Gasteiger partial charge < -0.3 is 0 Å². The number of aryl methyl sites for hydroxylation is 1. The molecule has 1 aromatic heterocycles. The fourth-order valence-corrected chi connectivity index (χ4v) is 2.37. The highest BCUT2D eigenvalue weighted by Gasteiger charge is 2.13. The number of unbranched alkanes of at least 4 members (excludes halogenated alkanes) is 4. The van der Waals surface area contributed by atoms with Crippen molar-refractivity contribution in [2.75, 3.05) is 0 Å². The lowest BCUT2D eigenvalue weighted by Crippen LogP contribution is -1.96. The SMILES string of the molecule is CCCCCCCc1cnc(-c2cc(F)c(C#N)c(F)c2)nc1. The number of halogens is 2. The van der Waals surface area contributed by atoms with E-state index in [2.05, 4.69) is 16.9 Å². The van der Waals surface area contributed by atoms with Gasteiger partial charge in [0.05, 0.1) is 0 Å². The fourth-order valence-electron chi connectivity index (χ4n) is 2.37. The molecule has 23 heavy (non-hydrogen) atoms. The molecule has 0 radical (unpaired) electrons. The third-order valence-electron chi connectivity index (χ3n) is 3.69. The van der Waals surface area contributed by atoms with E-state index in [0.29, 0.717) is 0 Å². The standard InChI is InChI=1S/C18H19F2N3/c1-2-3-4-5-6-7-13-11-22-18(23-12-13)14-8-16(19)15(10-21)17(20)9-14/h8-9,11-12H,2-7H2,1H3. The van der Waals surface area contributed by atoms with Crippen LogP contribution in [0.2, 0.25) is 0 Å². The summed E-state index contributed by atoms with van der Waals surface area (Å²) < 4.78 is 27.3. The smallest absolute Gasteiger partial charge is 0.159 e. The lowest BCUT2D eigenvalue weighted by atomic mass is 10.1. The minimum Gasteiger partial charge on any atom is -0.236 e. The van der Waals surface area contributed by atoms with E-state index in [9.17, 15) is 8.78 Å². The monoisotopic (exact) mass is 315 g/mol. The van der Waals surface area contributed by atoms with Crippen molar-refractivity contribution in [3.05, 3.63) is 47.3 Å². The molecule has 0 spiro atoms. The molecule has 0 unspecified atom stereocenters. The molecule has 1 heterocycles. The first-order valence-electron chi connectivity index (χ1n) is 7.86. The number of rotatable bonds is 7. The van der Waals surface area contributed by atoms with Gasteiger partial charge in [-0.05, 0) is 30.5 Å². The maximum atomic E-state index is 13.6. The molecule has 3 nitrogen and oxygen atoms in total. The maximum Gasteiger partial charge on any atom is 0.159 e. The van der Waals surface area contributed by atoms with Gasteiger partial charge in [-0.3, -0.25) is 0 Å². The predicted octanol–water partition coefficient (Wildman–Crippen LogP) is 4.81. The summed E-state index contributed by atoms with van der Waals surface area (Å²) in [5.74, 6) is -1.54. The molecule has 0 bridgehead atoms. The maximum absolute atomic E-state index is 13.6. The van der Waals surface area contributed by atoms with Gasteiger partial charge in [0.25, 0.3) is 0 Å². The summed E-state index contributed by atoms with van der Waals surface area (Å²) in [4.78, 5) is 8.35. The highest BCUT2D eigenvalue weighted by Crippen LogP contribution is 2.21. The van der Waals surface area contributed by atoms with Crippen LogP contribution < -0.4 is 0 Å². The molecule has 0 aliphatic heterocycles. The lowest BCUT2D eigenvalue weighted by molar-refractivity contribution is 0.577. The molecule has 2 aromatic rings. The first kappa shape index (κ1) is 17.0. The van der Waals surface area contributed by atoms with Crippen molar-refractivity contribution in [3.63, 3.8) is 0 Å². The molecular formula is C18H19F2N3. The van der Waals surface area contributed by atoms with Crippen molar-refractivity contribution in [2.45, 2.75) is 45.4 Å². The zero-order chi connectivity index (χ0) is 16.7. The molecule has 0 aliphatic rings. The second-order valence-electron chi connectivity index (χ2n) is 5.51. The Labute approximate surface area is 135 Å². The van der Waals surface area contributed by atoms with Gasteiger partial charge in [0.1, 0.15) is 23.3 Å². The molecule has 1 aromatic carbocycles. The minimum atomic E-state index is -0.897. The average molecular weight is 315 g/mol. The van der Waals surface area contributed by atoms with E-state index in [4.69, 9.17) is 5.26 Å². The van der Waals surface area contributed by atoms with E-state index in [0.717, 1.165) is 30.5 Å². The average Bonchev–Trinajstić information content (AvgIpc) is 2.55. The van der Waals surface area contributed by atoms with Gasteiger partial charge in [-0.1, -0.05) is 32.6 Å². The van der Waals surface area contributed by atoms with E-state index in [-0.39, 0.29) is 11.4 Å². The van der Waals surface area contributed by atoms with Gasteiger partial charge in [-0.2, -0.15) is 5.26 Å². The van der Waals surface area contributed by atoms with Gasteiger partial charge in [0, 0.05) is 18.0 Å². The number of hydrogen-bond acceptors (Lipinski definition) is 3. The molecule has 5 heteroatoms. The van der Waals surface area contributed by atoms with Crippen LogP contribution in [0.15, 0.2) is 24.5 Å². The Balaban J connectivity index is 2.04. The first-order chi connectivity index (χ1) is 11.2. The minimum absolute atomic E-state index is 0.230. The molecule has 0 amide bonds. The lowest BCUT2D eigenvalue weighted by Gasteiger charge is -2.05. The summed E-state index contributed by atoms with van der Waals surface area (Å²) in [5.41, 5.74) is 0.658. The summed E-state index contributed by atoms with van der Waals surface area (Å²) >= 11 is 0. The highest BCUT2D eigenvalue weighted by atomic mass is 19.1. The Morgan fingerprint density at radius 1 is 1.00 bits per heavy atom. The van der Waals surface area contributed by atoms with Crippen LogP contribution in [0.5, 0.6) is 0 Å². The summed E-state index contributed by atoms with van der Waals surface area (Å²) in [5, 5.41) is 8.67. The quantitative estimate of drug-likeness (QED) is 0.689. The summed E-state index contributed by atoms with van der Waals surface area (Å²) in [7, 11) is 0. The van der Waals surface area contributed by atoms with E-state index < -0.39 is 17.2 Å². The van der Waals surface area contributed by atoms with Crippen LogP contribution in [0.4, 0.5) is 8.78 Å². The molecule has 0 saturated carbocycles. The first-order valence-corrected chi connectivity index (χ1v) is 7.86. The second-order valence-corrected chi connectivity index (χ2v) is 5.51. The van der Waals surface area contributed by atoms with Crippen molar-refractivity contribution in [2.24, 2.45) is 0 Å². The largest absolute Gasteiger partial charge is 0.236 e. The van der Waals surface area contributed by atoms with Crippen LogP contribution in [-0.4, -0.2) is 9.97 Å². The molecule has 2 rings (SSSR count). The van der Waals surface area contributed by atoms with Crippen LogP contribution in [0.1, 0.15) is 50.2 Å². The van der Waals surface area contributed by atoms with Crippen molar-refractivity contribution >= 4 is 0 Å². The van der Waals surface area contributed by atoms with Crippen LogP contribution in [0, 0.1) is 23.0 Å². The van der Waals surface area contributed by atoms with Gasteiger partial charge in [-0.25, -0.2) is 18.7 Å². The van der Waals surface area contributed by atoms with E-state index in [1.807, 2.05) is 0 Å². The molecule has 0 fully saturated rings. The van der Waals surface area contributed by atoms with Crippen LogP contribution in [0.25, 0.3) is 11.4 Å². The zero-order valence-electron chi connectivity index (χ0n) is 13.1. The topological polar surface area (TPSA) is 49.6 Å². The number of nitrogens with zero attached hydrogens (tertiary/aromatic N) is 3. The molecule has 0 N–H and O–H groups in total. The Morgan fingerprint density at radius 3 is 2.17 bits per heavy atom. The number of benzene rings is 1. The number of aromatic nitrogens is 2. The van der Waals surface area contributed by atoms with Crippen LogP contribution in [0.3, 0.4) is 0 Å². The second kappa shape index (κ2) is 8.33.